The van der Waals surface area contributed by atoms with Crippen LogP contribution in [0, 0.1) is 5.92 Å². The summed E-state index contributed by atoms with van der Waals surface area (Å²) in [6.45, 7) is 2.33. The van der Waals surface area contributed by atoms with Crippen molar-refractivity contribution in [2.75, 3.05) is 14.2 Å². The van der Waals surface area contributed by atoms with Crippen molar-refractivity contribution in [1.29, 1.82) is 0 Å². The summed E-state index contributed by atoms with van der Waals surface area (Å²) in [7, 11) is -1.95. The first kappa shape index (κ1) is 16.6. The van der Waals surface area contributed by atoms with Gasteiger partial charge in [0.2, 0.25) is 0 Å². The van der Waals surface area contributed by atoms with Gasteiger partial charge in [-0.05, 0) is 13.8 Å². The molecule has 1 atom stereocenters. The lowest BCUT2D eigenvalue weighted by Crippen LogP contribution is -2.18. The van der Waals surface area contributed by atoms with E-state index >= 15 is 0 Å². The van der Waals surface area contributed by atoms with E-state index < -0.39 is 31.4 Å². The van der Waals surface area contributed by atoms with E-state index in [1.807, 2.05) is 0 Å². The molecule has 0 saturated heterocycles. The molecule has 0 heterocycles. The molecule has 0 aliphatic rings. The summed E-state index contributed by atoms with van der Waals surface area (Å²) in [5.74, 6) is -4.51. The highest BCUT2D eigenvalue weighted by atomic mass is 31.2. The molecule has 0 amide bonds. The Morgan fingerprint density at radius 1 is 1.17 bits per heavy atom. The molecule has 0 rings (SSSR count). The third-order valence-electron chi connectivity index (χ3n) is 2.11. The Bertz CT molecular complexity index is 405. The van der Waals surface area contributed by atoms with E-state index in [1.54, 1.807) is 0 Å². The summed E-state index contributed by atoms with van der Waals surface area (Å²) in [5.41, 5.74) is -0.390. The Morgan fingerprint density at radius 2 is 1.61 bits per heavy atom. The molecule has 0 aromatic rings. The van der Waals surface area contributed by atoms with E-state index in [9.17, 15) is 14.2 Å². The number of rotatable bonds is 7. The quantitative estimate of drug-likeness (QED) is 0.409. The normalized spacial score (nSPS) is 14.7. The highest BCUT2D eigenvalue weighted by Gasteiger charge is 2.33. The summed E-state index contributed by atoms with van der Waals surface area (Å²) in [5, 5.41) is 17.7. The molecule has 18 heavy (non-hydrogen) atoms. The number of phosphoric ester groups is 1. The van der Waals surface area contributed by atoms with Gasteiger partial charge in [0.1, 0.15) is 11.7 Å². The fraction of sp³-hybridized carbons (Fsp3) is 0.556. The van der Waals surface area contributed by atoms with Crippen molar-refractivity contribution in [3.8, 4) is 0 Å². The van der Waals surface area contributed by atoms with Crippen LogP contribution in [0.5, 0.6) is 0 Å². The van der Waals surface area contributed by atoms with Gasteiger partial charge in [0.05, 0.1) is 5.57 Å². The fourth-order valence-electron chi connectivity index (χ4n) is 0.959. The van der Waals surface area contributed by atoms with Crippen molar-refractivity contribution in [2.24, 2.45) is 5.92 Å². The van der Waals surface area contributed by atoms with Crippen LogP contribution in [0.3, 0.4) is 0 Å². The maximum Gasteiger partial charge on any atom is 0.529 e. The standard InChI is InChI=1S/C9H15O8P/c1-5(8(10)11)7(6(2)9(12)13)17-18(14,15-3)16-4/h5H,1-4H3,(H,10,11)(H,12,13). The van der Waals surface area contributed by atoms with Gasteiger partial charge in [-0.1, -0.05) is 0 Å². The zero-order valence-corrected chi connectivity index (χ0v) is 11.3. The number of hydrogen-bond acceptors (Lipinski definition) is 6. The molecule has 2 N–H and O–H groups in total. The Balaban J connectivity index is 5.53. The number of aliphatic carboxylic acids is 2. The van der Waals surface area contributed by atoms with Crippen LogP contribution in [0.15, 0.2) is 11.3 Å². The lowest BCUT2D eigenvalue weighted by molar-refractivity contribution is -0.140. The third kappa shape index (κ3) is 4.14. The predicted octanol–water partition coefficient (Wildman–Crippen LogP) is 1.48. The van der Waals surface area contributed by atoms with E-state index in [2.05, 4.69) is 9.05 Å². The summed E-state index contributed by atoms with van der Waals surface area (Å²) >= 11 is 0. The maximum atomic E-state index is 11.7. The van der Waals surface area contributed by atoms with Crippen LogP contribution >= 0.6 is 7.82 Å². The van der Waals surface area contributed by atoms with E-state index in [0.29, 0.717) is 0 Å². The maximum absolute atomic E-state index is 11.7. The average Bonchev–Trinajstić information content (AvgIpc) is 2.33. The first-order valence-corrected chi connectivity index (χ1v) is 6.22. The zero-order valence-electron chi connectivity index (χ0n) is 10.4. The minimum atomic E-state index is -4.01. The molecular formula is C9H15O8P. The van der Waals surface area contributed by atoms with Crippen molar-refractivity contribution < 1.29 is 37.9 Å². The smallest absolute Gasteiger partial charge is 0.481 e. The van der Waals surface area contributed by atoms with Crippen molar-refractivity contribution >= 4 is 19.8 Å². The summed E-state index contributed by atoms with van der Waals surface area (Å²) in [6, 6.07) is 0. The van der Waals surface area contributed by atoms with Gasteiger partial charge in [0.25, 0.3) is 0 Å². The van der Waals surface area contributed by atoms with Gasteiger partial charge in [0.15, 0.2) is 0 Å². The van der Waals surface area contributed by atoms with Crippen LogP contribution in [0.2, 0.25) is 0 Å². The monoisotopic (exact) mass is 282 g/mol. The second kappa shape index (κ2) is 6.53. The van der Waals surface area contributed by atoms with Gasteiger partial charge in [0, 0.05) is 14.2 Å². The van der Waals surface area contributed by atoms with E-state index in [1.165, 1.54) is 6.92 Å². The van der Waals surface area contributed by atoms with Gasteiger partial charge < -0.3 is 14.7 Å². The first-order chi connectivity index (χ1) is 8.18. The van der Waals surface area contributed by atoms with Crippen LogP contribution in [-0.2, 0) is 27.7 Å². The van der Waals surface area contributed by atoms with E-state index in [4.69, 9.17) is 14.7 Å². The molecule has 0 fully saturated rings. The topological polar surface area (TPSA) is 119 Å². The van der Waals surface area contributed by atoms with E-state index in [-0.39, 0.29) is 5.57 Å². The average molecular weight is 282 g/mol. The minimum absolute atomic E-state index is 0.390. The molecule has 9 heteroatoms. The van der Waals surface area contributed by atoms with Crippen LogP contribution in [0.4, 0.5) is 0 Å². The number of hydrogen-bond donors (Lipinski definition) is 2. The molecule has 0 bridgehead atoms. The SMILES string of the molecule is COP(=O)(OC)OC(=C(C)C(=O)O)C(C)C(=O)O. The minimum Gasteiger partial charge on any atom is -0.481 e. The molecule has 0 radical (unpaired) electrons. The first-order valence-electron chi connectivity index (χ1n) is 4.76. The Labute approximate surface area is 104 Å². The lowest BCUT2D eigenvalue weighted by atomic mass is 10.1. The molecule has 1 unspecified atom stereocenters. The van der Waals surface area contributed by atoms with Gasteiger partial charge in [-0.25, -0.2) is 9.36 Å². The largest absolute Gasteiger partial charge is 0.529 e. The van der Waals surface area contributed by atoms with Crippen LogP contribution in [-0.4, -0.2) is 36.4 Å². The van der Waals surface area contributed by atoms with Crippen molar-refractivity contribution in [2.45, 2.75) is 13.8 Å². The Morgan fingerprint density at radius 3 is 1.89 bits per heavy atom. The van der Waals surface area contributed by atoms with Gasteiger partial charge >= 0.3 is 19.8 Å². The number of carboxylic acid groups (broad SMARTS) is 2. The lowest BCUT2D eigenvalue weighted by Gasteiger charge is -2.20. The molecule has 104 valence electrons. The molecule has 0 saturated carbocycles. The molecule has 0 aliphatic carbocycles. The van der Waals surface area contributed by atoms with Gasteiger partial charge in [-0.3, -0.25) is 13.8 Å². The Kier molecular flexibility index (Phi) is 6.04. The van der Waals surface area contributed by atoms with Crippen LogP contribution < -0.4 is 0 Å². The Hall–Kier alpha value is -1.37. The molecule has 8 nitrogen and oxygen atoms in total. The summed E-state index contributed by atoms with van der Waals surface area (Å²) in [4.78, 5) is 21.7. The highest BCUT2D eigenvalue weighted by Crippen LogP contribution is 2.51. The summed E-state index contributed by atoms with van der Waals surface area (Å²) in [6.07, 6.45) is 0. The second-order valence-electron chi connectivity index (χ2n) is 3.26. The predicted molar refractivity (Wildman–Crippen MR) is 59.8 cm³/mol. The van der Waals surface area contributed by atoms with Crippen molar-refractivity contribution in [1.82, 2.24) is 0 Å². The molecule has 0 aromatic heterocycles. The van der Waals surface area contributed by atoms with E-state index in [0.717, 1.165) is 21.1 Å². The molecule has 0 spiro atoms. The third-order valence-corrected chi connectivity index (χ3v) is 3.43. The van der Waals surface area contributed by atoms with Crippen molar-refractivity contribution in [3.05, 3.63) is 11.3 Å². The summed E-state index contributed by atoms with van der Waals surface area (Å²) < 4.78 is 25.5. The zero-order chi connectivity index (χ0) is 14.5. The second-order valence-corrected chi connectivity index (χ2v) is 5.07. The van der Waals surface area contributed by atoms with Crippen LogP contribution in [0.1, 0.15) is 13.8 Å². The van der Waals surface area contributed by atoms with Gasteiger partial charge in [-0.2, -0.15) is 0 Å². The van der Waals surface area contributed by atoms with Crippen molar-refractivity contribution in [3.63, 3.8) is 0 Å². The molecule has 0 aliphatic heterocycles. The number of carbonyl (C=O) groups is 2. The van der Waals surface area contributed by atoms with Crippen LogP contribution in [0.25, 0.3) is 0 Å². The fourth-order valence-corrected chi connectivity index (χ4v) is 1.79. The van der Waals surface area contributed by atoms with Gasteiger partial charge in [-0.15, -0.1) is 0 Å². The number of phosphoric acid groups is 1. The molecular weight excluding hydrogens is 267 g/mol. The highest BCUT2D eigenvalue weighted by molar-refractivity contribution is 7.48. The molecule has 0 aromatic carbocycles. The number of carboxylic acids is 2.